The average Bonchev–Trinajstić information content (AvgIpc) is 3.05. The van der Waals surface area contributed by atoms with Gasteiger partial charge in [-0.2, -0.15) is 0 Å². The van der Waals surface area contributed by atoms with E-state index in [1.807, 2.05) is 62.4 Å². The summed E-state index contributed by atoms with van der Waals surface area (Å²) in [6, 6.07) is 17.4. The first kappa shape index (κ1) is 16.2. The van der Waals surface area contributed by atoms with Crippen LogP contribution >= 0.6 is 11.6 Å². The highest BCUT2D eigenvalue weighted by Gasteiger charge is 2.10. The number of para-hydroxylation sites is 1. The topological polar surface area (TPSA) is 45.8 Å². The SMILES string of the molecule is CC.O=Cc1ccc2[nH]c(-c3cc4ccccc4nc3Cl)cc2c1. The smallest absolute Gasteiger partial charge is 0.150 e. The molecule has 24 heavy (non-hydrogen) atoms. The number of pyridine rings is 1. The fraction of sp³-hybridized carbons (Fsp3) is 0.100. The molecule has 2 aromatic heterocycles. The number of halogens is 1. The van der Waals surface area contributed by atoms with E-state index in [2.05, 4.69) is 9.97 Å². The Bertz CT molecular complexity index is 1020. The molecule has 0 aliphatic heterocycles. The molecule has 0 spiro atoms. The number of aromatic amines is 1. The van der Waals surface area contributed by atoms with Crippen molar-refractivity contribution >= 4 is 39.7 Å². The van der Waals surface area contributed by atoms with E-state index < -0.39 is 0 Å². The molecule has 0 atom stereocenters. The van der Waals surface area contributed by atoms with Crippen molar-refractivity contribution in [1.82, 2.24) is 9.97 Å². The van der Waals surface area contributed by atoms with E-state index in [4.69, 9.17) is 11.6 Å². The summed E-state index contributed by atoms with van der Waals surface area (Å²) in [5, 5.41) is 2.47. The van der Waals surface area contributed by atoms with Gasteiger partial charge >= 0.3 is 0 Å². The lowest BCUT2D eigenvalue weighted by molar-refractivity contribution is 0.112. The number of fused-ring (bicyclic) bond motifs is 2. The number of hydrogen-bond donors (Lipinski definition) is 1. The predicted octanol–water partition coefficient (Wildman–Crippen LogP) is 5.88. The van der Waals surface area contributed by atoms with Gasteiger partial charge in [0.2, 0.25) is 0 Å². The molecule has 0 aliphatic carbocycles. The Hall–Kier alpha value is -2.65. The maximum absolute atomic E-state index is 10.9. The van der Waals surface area contributed by atoms with Gasteiger partial charge in [0.1, 0.15) is 11.4 Å². The molecule has 0 radical (unpaired) electrons. The van der Waals surface area contributed by atoms with Crippen LogP contribution in [0, 0.1) is 0 Å². The van der Waals surface area contributed by atoms with Crippen LogP contribution in [-0.2, 0) is 0 Å². The van der Waals surface area contributed by atoms with Gasteiger partial charge in [-0.25, -0.2) is 4.98 Å². The van der Waals surface area contributed by atoms with Crippen molar-refractivity contribution < 1.29 is 4.79 Å². The Kier molecular flexibility index (Phi) is 4.63. The predicted molar refractivity (Wildman–Crippen MR) is 101 cm³/mol. The third kappa shape index (κ3) is 2.91. The first-order valence-electron chi connectivity index (χ1n) is 7.88. The second-order valence-electron chi connectivity index (χ2n) is 5.17. The Morgan fingerprint density at radius 2 is 1.79 bits per heavy atom. The van der Waals surface area contributed by atoms with E-state index >= 15 is 0 Å². The van der Waals surface area contributed by atoms with Gasteiger partial charge in [-0.1, -0.05) is 43.6 Å². The minimum absolute atomic E-state index is 0.459. The number of aldehydes is 1. The molecule has 0 bridgehead atoms. The number of hydrogen-bond acceptors (Lipinski definition) is 2. The normalized spacial score (nSPS) is 10.5. The Labute approximate surface area is 145 Å². The van der Waals surface area contributed by atoms with Gasteiger partial charge in [-0.3, -0.25) is 4.79 Å². The molecule has 1 N–H and O–H groups in total. The number of aromatic nitrogens is 2. The molecule has 0 aliphatic rings. The second-order valence-corrected chi connectivity index (χ2v) is 5.53. The molecule has 0 fully saturated rings. The number of carbonyl (C=O) groups excluding carboxylic acids is 1. The van der Waals surface area contributed by atoms with Crippen molar-refractivity contribution in [2.75, 3.05) is 0 Å². The van der Waals surface area contributed by atoms with Crippen LogP contribution in [0.15, 0.2) is 54.6 Å². The summed E-state index contributed by atoms with van der Waals surface area (Å²) in [5.41, 5.74) is 4.23. The van der Waals surface area contributed by atoms with Gasteiger partial charge in [0.15, 0.2) is 0 Å². The fourth-order valence-corrected chi connectivity index (χ4v) is 2.90. The van der Waals surface area contributed by atoms with Crippen LogP contribution in [0.3, 0.4) is 0 Å². The second kappa shape index (κ2) is 6.85. The zero-order valence-electron chi connectivity index (χ0n) is 13.5. The van der Waals surface area contributed by atoms with Crippen LogP contribution in [0.5, 0.6) is 0 Å². The maximum atomic E-state index is 10.9. The molecule has 4 rings (SSSR count). The molecule has 2 aromatic carbocycles. The number of H-pyrrole nitrogens is 1. The summed E-state index contributed by atoms with van der Waals surface area (Å²) in [6.45, 7) is 4.00. The highest BCUT2D eigenvalue weighted by atomic mass is 35.5. The molecule has 4 heteroatoms. The zero-order chi connectivity index (χ0) is 17.1. The van der Waals surface area contributed by atoms with Crippen LogP contribution < -0.4 is 0 Å². The molecule has 0 saturated carbocycles. The molecule has 0 amide bonds. The van der Waals surface area contributed by atoms with E-state index in [1.165, 1.54) is 0 Å². The largest absolute Gasteiger partial charge is 0.354 e. The molecular weight excluding hydrogens is 320 g/mol. The highest BCUT2D eigenvalue weighted by Crippen LogP contribution is 2.31. The van der Waals surface area contributed by atoms with E-state index in [-0.39, 0.29) is 0 Å². The monoisotopic (exact) mass is 336 g/mol. The van der Waals surface area contributed by atoms with E-state index in [0.717, 1.165) is 39.3 Å². The maximum Gasteiger partial charge on any atom is 0.150 e. The highest BCUT2D eigenvalue weighted by molar-refractivity contribution is 6.32. The average molecular weight is 337 g/mol. The van der Waals surface area contributed by atoms with Crippen molar-refractivity contribution in [3.8, 4) is 11.3 Å². The Morgan fingerprint density at radius 1 is 1.00 bits per heavy atom. The molecule has 0 saturated heterocycles. The molecule has 120 valence electrons. The minimum Gasteiger partial charge on any atom is -0.354 e. The van der Waals surface area contributed by atoms with Crippen LogP contribution in [0.25, 0.3) is 33.1 Å². The van der Waals surface area contributed by atoms with E-state index in [9.17, 15) is 4.79 Å². The summed E-state index contributed by atoms with van der Waals surface area (Å²) in [5.74, 6) is 0. The molecule has 2 heterocycles. The fourth-order valence-electron chi connectivity index (χ4n) is 2.65. The number of rotatable bonds is 2. The third-order valence-electron chi connectivity index (χ3n) is 3.75. The van der Waals surface area contributed by atoms with E-state index in [0.29, 0.717) is 10.7 Å². The molecule has 3 nitrogen and oxygen atoms in total. The lowest BCUT2D eigenvalue weighted by atomic mass is 10.1. The first-order valence-corrected chi connectivity index (χ1v) is 8.26. The lowest BCUT2D eigenvalue weighted by Crippen LogP contribution is -1.85. The van der Waals surface area contributed by atoms with Crippen molar-refractivity contribution in [2.45, 2.75) is 13.8 Å². The summed E-state index contributed by atoms with van der Waals surface area (Å²) >= 11 is 6.34. The number of nitrogens with zero attached hydrogens (tertiary/aromatic N) is 1. The summed E-state index contributed by atoms with van der Waals surface area (Å²) in [4.78, 5) is 18.7. The van der Waals surface area contributed by atoms with Crippen LogP contribution in [0.4, 0.5) is 0 Å². The number of carbonyl (C=O) groups is 1. The van der Waals surface area contributed by atoms with Gasteiger partial charge < -0.3 is 4.98 Å². The third-order valence-corrected chi connectivity index (χ3v) is 4.04. The molecular formula is C20H17ClN2O. The van der Waals surface area contributed by atoms with Crippen LogP contribution in [-0.4, -0.2) is 16.3 Å². The number of nitrogens with one attached hydrogen (secondary N) is 1. The first-order chi connectivity index (χ1) is 11.7. The summed E-state index contributed by atoms with van der Waals surface area (Å²) in [7, 11) is 0. The van der Waals surface area contributed by atoms with Gasteiger partial charge in [-0.15, -0.1) is 0 Å². The Morgan fingerprint density at radius 3 is 2.58 bits per heavy atom. The molecule has 0 unspecified atom stereocenters. The van der Waals surface area contributed by atoms with Crippen LogP contribution in [0.1, 0.15) is 24.2 Å². The quantitative estimate of drug-likeness (QED) is 0.367. The summed E-state index contributed by atoms with van der Waals surface area (Å²) < 4.78 is 0. The van der Waals surface area contributed by atoms with Crippen molar-refractivity contribution in [1.29, 1.82) is 0 Å². The zero-order valence-corrected chi connectivity index (χ0v) is 14.3. The van der Waals surface area contributed by atoms with Crippen molar-refractivity contribution in [3.63, 3.8) is 0 Å². The van der Waals surface area contributed by atoms with Gasteiger partial charge in [0.25, 0.3) is 0 Å². The lowest BCUT2D eigenvalue weighted by Gasteiger charge is -2.04. The van der Waals surface area contributed by atoms with Gasteiger partial charge in [-0.05, 0) is 36.4 Å². The van der Waals surface area contributed by atoms with Crippen molar-refractivity contribution in [2.24, 2.45) is 0 Å². The van der Waals surface area contributed by atoms with Crippen molar-refractivity contribution in [3.05, 3.63) is 65.3 Å². The van der Waals surface area contributed by atoms with E-state index in [1.54, 1.807) is 6.07 Å². The molecule has 4 aromatic rings. The van der Waals surface area contributed by atoms with Gasteiger partial charge in [0, 0.05) is 33.1 Å². The number of benzene rings is 2. The standard InChI is InChI=1S/C18H11ClN2O.C2H6/c19-18-14(8-12-3-1-2-4-15(12)21-18)17-9-13-7-11(10-22)5-6-16(13)20-17;1-2/h1-10,20H;1-2H3. The minimum atomic E-state index is 0.459. The van der Waals surface area contributed by atoms with Gasteiger partial charge in [0.05, 0.1) is 5.52 Å². The summed E-state index contributed by atoms with van der Waals surface area (Å²) in [6.07, 6.45) is 0.844. The van der Waals surface area contributed by atoms with Crippen LogP contribution in [0.2, 0.25) is 5.15 Å². The Balaban J connectivity index is 0.000000815.